The maximum atomic E-state index is 5.35. The molecule has 0 saturated carbocycles. The van der Waals surface area contributed by atoms with Gasteiger partial charge in [-0.15, -0.1) is 0 Å². The zero-order valence-corrected chi connectivity index (χ0v) is 15.3. The number of anilines is 1. The van der Waals surface area contributed by atoms with Crippen molar-refractivity contribution in [3.63, 3.8) is 0 Å². The minimum Gasteiger partial charge on any atom is -0.495 e. The number of hydrogen-bond donors (Lipinski definition) is 1. The van der Waals surface area contributed by atoms with Gasteiger partial charge in [-0.2, -0.15) is 0 Å². The van der Waals surface area contributed by atoms with Crippen LogP contribution in [0.5, 0.6) is 5.75 Å². The number of ether oxygens (including phenoxy) is 1. The normalized spacial score (nSPS) is 14.0. The van der Waals surface area contributed by atoms with Gasteiger partial charge in [0.1, 0.15) is 5.75 Å². The molecule has 0 aromatic heterocycles. The molecule has 1 aromatic carbocycles. The van der Waals surface area contributed by atoms with Gasteiger partial charge in [0.05, 0.1) is 17.3 Å². The third-order valence-corrected chi connectivity index (χ3v) is 4.75. The Morgan fingerprint density at radius 2 is 1.84 bits per heavy atom. The van der Waals surface area contributed by atoms with E-state index in [0.29, 0.717) is 6.04 Å². The zero-order chi connectivity index (χ0) is 14.4. The van der Waals surface area contributed by atoms with E-state index in [1.165, 1.54) is 12.8 Å². The molecular formula is C15H23Br2NO. The largest absolute Gasteiger partial charge is 0.495 e. The summed E-state index contributed by atoms with van der Waals surface area (Å²) in [4.78, 5) is 0. The number of hydrogen-bond acceptors (Lipinski definition) is 2. The van der Waals surface area contributed by atoms with E-state index in [-0.39, 0.29) is 0 Å². The second kappa shape index (κ2) is 8.15. The van der Waals surface area contributed by atoms with E-state index in [9.17, 15) is 0 Å². The Morgan fingerprint density at radius 1 is 1.16 bits per heavy atom. The third kappa shape index (κ3) is 4.99. The van der Waals surface area contributed by atoms with Crippen molar-refractivity contribution in [2.75, 3.05) is 12.4 Å². The highest BCUT2D eigenvalue weighted by molar-refractivity contribution is 9.11. The Bertz CT molecular complexity index is 409. The number of rotatable bonds is 7. The molecule has 1 N–H and O–H groups in total. The van der Waals surface area contributed by atoms with E-state index in [4.69, 9.17) is 4.74 Å². The molecule has 0 heterocycles. The Hall–Kier alpha value is -0.220. The average molecular weight is 393 g/mol. The van der Waals surface area contributed by atoms with Crippen LogP contribution in [0.25, 0.3) is 0 Å². The smallest absolute Gasteiger partial charge is 0.135 e. The molecule has 1 aromatic rings. The van der Waals surface area contributed by atoms with E-state index in [2.05, 4.69) is 57.9 Å². The first-order valence-electron chi connectivity index (χ1n) is 6.81. The number of methoxy groups -OCH3 is 1. The molecule has 0 aliphatic heterocycles. The fourth-order valence-corrected chi connectivity index (χ4v) is 3.27. The monoisotopic (exact) mass is 391 g/mol. The van der Waals surface area contributed by atoms with Gasteiger partial charge in [-0.05, 0) is 56.7 Å². The highest BCUT2D eigenvalue weighted by atomic mass is 79.9. The third-order valence-electron chi connectivity index (χ3n) is 3.48. The summed E-state index contributed by atoms with van der Waals surface area (Å²) in [5.74, 6) is 1.60. The fourth-order valence-electron chi connectivity index (χ4n) is 2.00. The number of halogens is 2. The topological polar surface area (TPSA) is 21.3 Å². The molecule has 108 valence electrons. The van der Waals surface area contributed by atoms with Crippen molar-refractivity contribution in [2.45, 2.75) is 46.1 Å². The summed E-state index contributed by atoms with van der Waals surface area (Å²) >= 11 is 7.10. The van der Waals surface area contributed by atoms with Crippen LogP contribution in [0.15, 0.2) is 21.1 Å². The molecule has 2 atom stereocenters. The minimum atomic E-state index is 0.497. The van der Waals surface area contributed by atoms with Gasteiger partial charge in [0.15, 0.2) is 0 Å². The summed E-state index contributed by atoms with van der Waals surface area (Å²) < 4.78 is 7.37. The second-order valence-electron chi connectivity index (χ2n) is 4.97. The van der Waals surface area contributed by atoms with Gasteiger partial charge in [-0.25, -0.2) is 0 Å². The molecule has 0 aliphatic rings. The Morgan fingerprint density at radius 3 is 2.37 bits per heavy atom. The summed E-state index contributed by atoms with van der Waals surface area (Å²) in [5.41, 5.74) is 1.09. The van der Waals surface area contributed by atoms with E-state index in [0.717, 1.165) is 32.7 Å². The van der Waals surface area contributed by atoms with Crippen LogP contribution in [0, 0.1) is 5.92 Å². The maximum absolute atomic E-state index is 5.35. The average Bonchev–Trinajstić information content (AvgIpc) is 2.40. The van der Waals surface area contributed by atoms with Crippen LogP contribution in [0.1, 0.15) is 40.0 Å². The fraction of sp³-hybridized carbons (Fsp3) is 0.600. The van der Waals surface area contributed by atoms with Gasteiger partial charge in [0, 0.05) is 16.6 Å². The Kier molecular flexibility index (Phi) is 7.22. The van der Waals surface area contributed by atoms with Gasteiger partial charge < -0.3 is 10.1 Å². The Balaban J connectivity index is 2.84. The van der Waals surface area contributed by atoms with Crippen molar-refractivity contribution >= 4 is 37.5 Å². The molecule has 0 bridgehead atoms. The summed E-state index contributed by atoms with van der Waals surface area (Å²) in [7, 11) is 1.69. The number of nitrogens with one attached hydrogen (secondary N) is 1. The first-order chi connectivity index (χ1) is 9.01. The quantitative estimate of drug-likeness (QED) is 0.628. The maximum Gasteiger partial charge on any atom is 0.135 e. The van der Waals surface area contributed by atoms with E-state index in [1.54, 1.807) is 7.11 Å². The van der Waals surface area contributed by atoms with Gasteiger partial charge in [-0.3, -0.25) is 0 Å². The molecule has 4 heteroatoms. The number of benzene rings is 1. The standard InChI is InChI=1S/C15H23Br2NO/c1-5-10(3)7-11(6-2)18-14-9-15(19-4)13(17)8-12(14)16/h8-11,18H,5-7H2,1-4H3. The molecule has 0 amide bonds. The van der Waals surface area contributed by atoms with Crippen molar-refractivity contribution < 1.29 is 4.74 Å². The van der Waals surface area contributed by atoms with E-state index < -0.39 is 0 Å². The Labute approximate surface area is 133 Å². The van der Waals surface area contributed by atoms with Crippen LogP contribution in [-0.2, 0) is 0 Å². The van der Waals surface area contributed by atoms with Crippen LogP contribution in [0.4, 0.5) is 5.69 Å². The van der Waals surface area contributed by atoms with Crippen molar-refractivity contribution in [3.8, 4) is 5.75 Å². The highest BCUT2D eigenvalue weighted by Crippen LogP contribution is 2.35. The van der Waals surface area contributed by atoms with Crippen LogP contribution in [0.3, 0.4) is 0 Å². The van der Waals surface area contributed by atoms with Crippen molar-refractivity contribution in [1.82, 2.24) is 0 Å². The molecule has 0 spiro atoms. The lowest BCUT2D eigenvalue weighted by Gasteiger charge is -2.22. The van der Waals surface area contributed by atoms with Crippen LogP contribution in [-0.4, -0.2) is 13.2 Å². The lowest BCUT2D eigenvalue weighted by molar-refractivity contribution is 0.412. The van der Waals surface area contributed by atoms with Crippen molar-refractivity contribution in [1.29, 1.82) is 0 Å². The van der Waals surface area contributed by atoms with Crippen molar-refractivity contribution in [2.24, 2.45) is 5.92 Å². The molecule has 0 saturated heterocycles. The van der Waals surface area contributed by atoms with Crippen LogP contribution >= 0.6 is 31.9 Å². The first kappa shape index (κ1) is 16.8. The highest BCUT2D eigenvalue weighted by Gasteiger charge is 2.13. The summed E-state index contributed by atoms with van der Waals surface area (Å²) in [6.07, 6.45) is 3.54. The lowest BCUT2D eigenvalue weighted by atomic mass is 9.97. The summed E-state index contributed by atoms with van der Waals surface area (Å²) in [6, 6.07) is 4.56. The summed E-state index contributed by atoms with van der Waals surface area (Å²) in [5, 5.41) is 3.62. The SMILES string of the molecule is CCC(C)CC(CC)Nc1cc(OC)c(Br)cc1Br. The van der Waals surface area contributed by atoms with E-state index >= 15 is 0 Å². The van der Waals surface area contributed by atoms with Crippen LogP contribution < -0.4 is 10.1 Å². The zero-order valence-electron chi connectivity index (χ0n) is 12.1. The van der Waals surface area contributed by atoms with Crippen molar-refractivity contribution in [3.05, 3.63) is 21.1 Å². The second-order valence-corrected chi connectivity index (χ2v) is 6.67. The summed E-state index contributed by atoms with van der Waals surface area (Å²) in [6.45, 7) is 6.78. The first-order valence-corrected chi connectivity index (χ1v) is 8.39. The van der Waals surface area contributed by atoms with Gasteiger partial charge in [0.25, 0.3) is 0 Å². The molecule has 0 fully saturated rings. The molecular weight excluding hydrogens is 370 g/mol. The van der Waals surface area contributed by atoms with Gasteiger partial charge in [-0.1, -0.05) is 27.2 Å². The molecule has 2 nitrogen and oxygen atoms in total. The molecule has 2 unspecified atom stereocenters. The van der Waals surface area contributed by atoms with Gasteiger partial charge >= 0.3 is 0 Å². The van der Waals surface area contributed by atoms with E-state index in [1.807, 2.05) is 12.1 Å². The molecule has 19 heavy (non-hydrogen) atoms. The minimum absolute atomic E-state index is 0.497. The predicted octanol–water partition coefficient (Wildman–Crippen LogP) is 5.85. The molecule has 0 aliphatic carbocycles. The molecule has 0 radical (unpaired) electrons. The lowest BCUT2D eigenvalue weighted by Crippen LogP contribution is -2.21. The predicted molar refractivity (Wildman–Crippen MR) is 90.2 cm³/mol. The van der Waals surface area contributed by atoms with Crippen LogP contribution in [0.2, 0.25) is 0 Å². The molecule has 1 rings (SSSR count). The van der Waals surface area contributed by atoms with Gasteiger partial charge in [0.2, 0.25) is 0 Å².